The van der Waals surface area contributed by atoms with Crippen LogP contribution in [0.1, 0.15) is 0 Å². The summed E-state index contributed by atoms with van der Waals surface area (Å²) in [5.41, 5.74) is 0. The summed E-state index contributed by atoms with van der Waals surface area (Å²) in [6, 6.07) is 0. The number of carbonyl (C=O) groups excluding carboxylic acids is 1. The van der Waals surface area contributed by atoms with Gasteiger partial charge in [0, 0.05) is 19.6 Å². The molecule has 0 radical (unpaired) electrons. The lowest BCUT2D eigenvalue weighted by Gasteiger charge is -2.01. The fourth-order valence-electron chi connectivity index (χ4n) is 0.546. The van der Waals surface area contributed by atoms with Crippen LogP contribution in [0.2, 0.25) is 0 Å². The van der Waals surface area contributed by atoms with Crippen molar-refractivity contribution in [2.24, 2.45) is 0 Å². The molecule has 1 amide bonds. The molecular formula is C5H12N2O4S. The van der Waals surface area contributed by atoms with Crippen LogP contribution in [0.25, 0.3) is 0 Å². The van der Waals surface area contributed by atoms with E-state index in [-0.39, 0.29) is 12.3 Å². The first-order valence-electron chi connectivity index (χ1n) is 3.39. The summed E-state index contributed by atoms with van der Waals surface area (Å²) in [5, 5.41) is 5.11. The molecule has 0 aromatic carbocycles. The monoisotopic (exact) mass is 196 g/mol. The molecule has 3 N–H and O–H groups in total. The van der Waals surface area contributed by atoms with Gasteiger partial charge in [-0.25, -0.2) is 0 Å². The van der Waals surface area contributed by atoms with Crippen molar-refractivity contribution >= 4 is 16.5 Å². The number of rotatable bonds is 7. The van der Waals surface area contributed by atoms with Gasteiger partial charge in [-0.15, -0.1) is 0 Å². The predicted molar refractivity (Wildman–Crippen MR) is 43.4 cm³/mol. The van der Waals surface area contributed by atoms with E-state index < -0.39 is 10.1 Å². The maximum Gasteiger partial charge on any atom is 0.266 e. The van der Waals surface area contributed by atoms with Gasteiger partial charge in [-0.3, -0.25) is 9.35 Å². The van der Waals surface area contributed by atoms with E-state index in [4.69, 9.17) is 4.55 Å². The van der Waals surface area contributed by atoms with Crippen LogP contribution in [0.3, 0.4) is 0 Å². The topological polar surface area (TPSA) is 95.5 Å². The Labute approximate surface area is 71.1 Å². The second-order valence-corrected chi connectivity index (χ2v) is 3.68. The van der Waals surface area contributed by atoms with Crippen molar-refractivity contribution in [2.75, 3.05) is 25.4 Å². The van der Waals surface area contributed by atoms with E-state index in [1.165, 1.54) is 0 Å². The van der Waals surface area contributed by atoms with Crippen LogP contribution in [0.5, 0.6) is 0 Å². The maximum absolute atomic E-state index is 10.2. The molecular weight excluding hydrogens is 184 g/mol. The second-order valence-electron chi connectivity index (χ2n) is 2.11. The predicted octanol–water partition coefficient (Wildman–Crippen LogP) is -1.79. The van der Waals surface area contributed by atoms with Gasteiger partial charge in [-0.1, -0.05) is 0 Å². The molecule has 0 aliphatic carbocycles. The third-order valence-electron chi connectivity index (χ3n) is 1.07. The van der Waals surface area contributed by atoms with E-state index in [2.05, 4.69) is 10.6 Å². The summed E-state index contributed by atoms with van der Waals surface area (Å²) in [5.74, 6) is -0.311. The molecule has 0 aliphatic heterocycles. The standard InChI is InChI=1S/C5H12N2O4S/c8-5-7-2-1-6-3-4-12(9,10)11/h5-6H,1-4H2,(H,7,8)(H,9,10,11). The highest BCUT2D eigenvalue weighted by Crippen LogP contribution is 1.77. The van der Waals surface area contributed by atoms with Gasteiger partial charge in [-0.2, -0.15) is 8.42 Å². The smallest absolute Gasteiger partial charge is 0.266 e. The van der Waals surface area contributed by atoms with Crippen molar-refractivity contribution in [1.82, 2.24) is 10.6 Å². The molecule has 0 atom stereocenters. The molecule has 6 nitrogen and oxygen atoms in total. The third kappa shape index (κ3) is 9.34. The van der Waals surface area contributed by atoms with E-state index >= 15 is 0 Å². The summed E-state index contributed by atoms with van der Waals surface area (Å²) in [6.07, 6.45) is 0.560. The van der Waals surface area contributed by atoms with Crippen molar-refractivity contribution < 1.29 is 17.8 Å². The Bertz CT molecular complexity index is 213. The van der Waals surface area contributed by atoms with Crippen LogP contribution in [0.15, 0.2) is 0 Å². The van der Waals surface area contributed by atoms with E-state index in [0.29, 0.717) is 19.5 Å². The highest BCUT2D eigenvalue weighted by atomic mass is 32.2. The van der Waals surface area contributed by atoms with Crippen molar-refractivity contribution in [2.45, 2.75) is 0 Å². The zero-order chi connectivity index (χ0) is 9.45. The lowest BCUT2D eigenvalue weighted by molar-refractivity contribution is -0.109. The number of hydrogen-bond acceptors (Lipinski definition) is 4. The molecule has 0 bridgehead atoms. The van der Waals surface area contributed by atoms with Crippen LogP contribution < -0.4 is 10.6 Å². The maximum atomic E-state index is 10.2. The van der Waals surface area contributed by atoms with Crippen molar-refractivity contribution in [1.29, 1.82) is 0 Å². The molecule has 0 fully saturated rings. The zero-order valence-electron chi connectivity index (χ0n) is 6.49. The van der Waals surface area contributed by atoms with Gasteiger partial charge < -0.3 is 10.6 Å². The van der Waals surface area contributed by atoms with Crippen LogP contribution in [0, 0.1) is 0 Å². The molecule has 0 aromatic rings. The van der Waals surface area contributed by atoms with Crippen LogP contribution in [0.4, 0.5) is 0 Å². The summed E-state index contributed by atoms with van der Waals surface area (Å²) in [7, 11) is -3.87. The summed E-state index contributed by atoms with van der Waals surface area (Å²) in [4.78, 5) is 9.72. The Morgan fingerprint density at radius 2 is 1.92 bits per heavy atom. The molecule has 0 heterocycles. The molecule has 0 saturated carbocycles. The van der Waals surface area contributed by atoms with Crippen molar-refractivity contribution in [3.63, 3.8) is 0 Å². The highest BCUT2D eigenvalue weighted by molar-refractivity contribution is 7.85. The molecule has 0 aromatic heterocycles. The Balaban J connectivity index is 3.17. The molecule has 72 valence electrons. The van der Waals surface area contributed by atoms with Gasteiger partial charge in [0.2, 0.25) is 6.41 Å². The first-order chi connectivity index (χ1) is 5.56. The average Bonchev–Trinajstić information content (AvgIpc) is 1.94. The van der Waals surface area contributed by atoms with Crippen LogP contribution in [-0.2, 0) is 14.9 Å². The van der Waals surface area contributed by atoms with Crippen LogP contribution in [-0.4, -0.2) is 44.8 Å². The summed E-state index contributed by atoms with van der Waals surface area (Å²) in [6.45, 7) is 1.10. The minimum absolute atomic E-state index is 0.180. The van der Waals surface area contributed by atoms with E-state index in [1.807, 2.05) is 0 Å². The minimum Gasteiger partial charge on any atom is -0.357 e. The number of hydrogen-bond donors (Lipinski definition) is 3. The average molecular weight is 196 g/mol. The molecule has 7 heteroatoms. The molecule has 12 heavy (non-hydrogen) atoms. The molecule has 0 saturated heterocycles. The largest absolute Gasteiger partial charge is 0.357 e. The van der Waals surface area contributed by atoms with E-state index in [0.717, 1.165) is 0 Å². The fourth-order valence-corrected chi connectivity index (χ4v) is 0.948. The first-order valence-corrected chi connectivity index (χ1v) is 5.00. The Morgan fingerprint density at radius 1 is 1.25 bits per heavy atom. The number of carbonyl (C=O) groups is 1. The Morgan fingerprint density at radius 3 is 2.42 bits per heavy atom. The third-order valence-corrected chi connectivity index (χ3v) is 1.79. The van der Waals surface area contributed by atoms with Crippen LogP contribution >= 0.6 is 0 Å². The summed E-state index contributed by atoms with van der Waals surface area (Å²) < 4.78 is 28.6. The van der Waals surface area contributed by atoms with Gasteiger partial charge >= 0.3 is 0 Å². The van der Waals surface area contributed by atoms with Gasteiger partial charge in [-0.05, 0) is 0 Å². The fraction of sp³-hybridized carbons (Fsp3) is 0.800. The van der Waals surface area contributed by atoms with Crippen molar-refractivity contribution in [3.8, 4) is 0 Å². The number of amides is 1. The number of nitrogens with one attached hydrogen (secondary N) is 2. The first kappa shape index (κ1) is 11.3. The van der Waals surface area contributed by atoms with Gasteiger partial charge in [0.05, 0.1) is 5.75 Å². The molecule has 0 rings (SSSR count). The second kappa shape index (κ2) is 5.92. The lowest BCUT2D eigenvalue weighted by atomic mass is 10.6. The van der Waals surface area contributed by atoms with E-state index in [1.54, 1.807) is 0 Å². The minimum atomic E-state index is -3.87. The quantitative estimate of drug-likeness (QED) is 0.254. The molecule has 0 unspecified atom stereocenters. The molecule has 0 aliphatic rings. The zero-order valence-corrected chi connectivity index (χ0v) is 7.30. The van der Waals surface area contributed by atoms with Gasteiger partial charge in [0.1, 0.15) is 0 Å². The highest BCUT2D eigenvalue weighted by Gasteiger charge is 2.01. The molecule has 0 spiro atoms. The summed E-state index contributed by atoms with van der Waals surface area (Å²) >= 11 is 0. The van der Waals surface area contributed by atoms with E-state index in [9.17, 15) is 13.2 Å². The van der Waals surface area contributed by atoms with Crippen molar-refractivity contribution in [3.05, 3.63) is 0 Å². The lowest BCUT2D eigenvalue weighted by Crippen LogP contribution is -2.29. The Hall–Kier alpha value is -0.660. The van der Waals surface area contributed by atoms with Gasteiger partial charge in [0.25, 0.3) is 10.1 Å². The SMILES string of the molecule is O=CNCCNCCS(=O)(=O)O. The Kier molecular flexibility index (Phi) is 5.60. The normalized spacial score (nSPS) is 11.1. The van der Waals surface area contributed by atoms with Gasteiger partial charge in [0.15, 0.2) is 0 Å².